The van der Waals surface area contributed by atoms with E-state index in [-0.39, 0.29) is 0 Å². The Morgan fingerprint density at radius 2 is 0.623 bits per heavy atom. The predicted molar refractivity (Wildman–Crippen MR) is 285 cm³/mol. The second kappa shape index (κ2) is 15.6. The van der Waals surface area contributed by atoms with Crippen molar-refractivity contribution in [3.8, 4) is 62.4 Å². The van der Waals surface area contributed by atoms with Gasteiger partial charge < -0.3 is 13.7 Å². The molecule has 69 heavy (non-hydrogen) atoms. The molecule has 322 valence electrons. The molecule has 0 aliphatic carbocycles. The van der Waals surface area contributed by atoms with Crippen LogP contribution in [0, 0.1) is 0 Å². The van der Waals surface area contributed by atoms with Crippen LogP contribution in [-0.2, 0) is 0 Å². The third-order valence-electron chi connectivity index (χ3n) is 13.7. The van der Waals surface area contributed by atoms with Gasteiger partial charge >= 0.3 is 0 Å². The van der Waals surface area contributed by atoms with Crippen LogP contribution in [0.3, 0.4) is 0 Å². The summed E-state index contributed by atoms with van der Waals surface area (Å²) in [6.07, 6.45) is 0. The van der Waals surface area contributed by atoms with Gasteiger partial charge in [-0.05, 0) is 66.2 Å². The summed E-state index contributed by atoms with van der Waals surface area (Å²) in [6, 6.07) is 86.5. The maximum Gasteiger partial charge on any atom is 0.164 e. The minimum atomic E-state index is 0.606. The van der Waals surface area contributed by atoms with E-state index in [1.807, 2.05) is 36.4 Å². The zero-order valence-electron chi connectivity index (χ0n) is 37.3. The molecule has 0 aliphatic rings. The van der Waals surface area contributed by atoms with E-state index in [0.717, 1.165) is 66.9 Å². The third kappa shape index (κ3) is 6.23. The highest BCUT2D eigenvalue weighted by Gasteiger charge is 2.22. The first-order chi connectivity index (χ1) is 34.2. The van der Waals surface area contributed by atoms with Crippen molar-refractivity contribution < 1.29 is 0 Å². The number of benzene rings is 10. The molecule has 0 aliphatic heterocycles. The number of para-hydroxylation sites is 5. The number of rotatable bonds is 7. The van der Waals surface area contributed by atoms with E-state index >= 15 is 0 Å². The Labute approximate surface area is 397 Å². The zero-order chi connectivity index (χ0) is 45.4. The molecule has 0 fully saturated rings. The van der Waals surface area contributed by atoms with Crippen molar-refractivity contribution in [2.45, 2.75) is 0 Å². The van der Waals surface area contributed by atoms with Crippen LogP contribution in [0.5, 0.6) is 0 Å². The Balaban J connectivity index is 1.02. The highest BCUT2D eigenvalue weighted by atomic mass is 15.0. The molecule has 4 aromatic heterocycles. The fraction of sp³-hybridized carbons (Fsp3) is 0. The molecule has 0 spiro atoms. The molecule has 0 N–H and O–H groups in total. The number of hydrogen-bond donors (Lipinski definition) is 0. The van der Waals surface area contributed by atoms with Crippen molar-refractivity contribution in [1.82, 2.24) is 28.7 Å². The maximum absolute atomic E-state index is 5.18. The average Bonchev–Trinajstić information content (AvgIpc) is 4.06. The van der Waals surface area contributed by atoms with Gasteiger partial charge in [0.1, 0.15) is 0 Å². The Morgan fingerprint density at radius 3 is 1.16 bits per heavy atom. The zero-order valence-corrected chi connectivity index (χ0v) is 37.3. The predicted octanol–water partition coefficient (Wildman–Crippen LogP) is 15.8. The summed E-state index contributed by atoms with van der Waals surface area (Å²) < 4.78 is 7.25. The van der Waals surface area contributed by atoms with Crippen LogP contribution in [-0.4, -0.2) is 28.7 Å². The Morgan fingerprint density at radius 1 is 0.232 bits per heavy atom. The van der Waals surface area contributed by atoms with Crippen LogP contribution in [0.2, 0.25) is 0 Å². The van der Waals surface area contributed by atoms with E-state index in [4.69, 9.17) is 15.0 Å². The lowest BCUT2D eigenvalue weighted by molar-refractivity contribution is 1.07. The van der Waals surface area contributed by atoms with Gasteiger partial charge in [-0.25, -0.2) is 15.0 Å². The lowest BCUT2D eigenvalue weighted by Crippen LogP contribution is -2.02. The summed E-state index contributed by atoms with van der Waals surface area (Å²) in [6.45, 7) is 0. The molecular formula is C63H40N6. The minimum absolute atomic E-state index is 0.606. The molecule has 0 radical (unpaired) electrons. The van der Waals surface area contributed by atoms with Gasteiger partial charge in [0.05, 0.1) is 38.8 Å². The fourth-order valence-corrected chi connectivity index (χ4v) is 10.6. The fourth-order valence-electron chi connectivity index (χ4n) is 10.6. The SMILES string of the molecule is c1ccc(-c2nc(-c3ccccc3)nc(-c3ccc(-c4ccc5c6ccc(-n7c8ccccc8c8ccccc87)cc6n(-c6ccccc6)c5c4)c(-n4c5ccccc5c5ccccc54)c3)n2)cc1. The second-order valence-corrected chi connectivity index (χ2v) is 17.6. The van der Waals surface area contributed by atoms with Crippen molar-refractivity contribution in [3.63, 3.8) is 0 Å². The quantitative estimate of drug-likeness (QED) is 0.160. The van der Waals surface area contributed by atoms with Crippen LogP contribution in [0.15, 0.2) is 243 Å². The standard InChI is InChI=1S/C63H40N6/c1-4-18-41(19-5-1)61-64-62(42-20-6-2-7-21-42)66-63(65-61)44-33-35-47(58(39-44)69-56-30-16-12-26-50(56)51-27-13-17-31-57(51)69)43-32-36-52-53-37-34-46(40-60(53)67(59(52)38-43)45-22-8-3-9-23-45)68-54-28-14-10-24-48(54)49-25-11-15-29-55(49)68/h1-40H. The largest absolute Gasteiger partial charge is 0.309 e. The summed E-state index contributed by atoms with van der Waals surface area (Å²) in [5.41, 5.74) is 15.1. The molecule has 14 aromatic rings. The van der Waals surface area contributed by atoms with Crippen molar-refractivity contribution in [2.75, 3.05) is 0 Å². The van der Waals surface area contributed by atoms with Gasteiger partial charge in [-0.15, -0.1) is 0 Å². The van der Waals surface area contributed by atoms with E-state index in [1.165, 1.54) is 43.4 Å². The van der Waals surface area contributed by atoms with Crippen LogP contribution >= 0.6 is 0 Å². The molecule has 0 atom stereocenters. The first-order valence-electron chi connectivity index (χ1n) is 23.4. The number of nitrogens with zero attached hydrogens (tertiary/aromatic N) is 6. The lowest BCUT2D eigenvalue weighted by atomic mass is 9.99. The summed E-state index contributed by atoms with van der Waals surface area (Å²) >= 11 is 0. The molecule has 0 bridgehead atoms. The Hall–Kier alpha value is -9.39. The molecule has 6 nitrogen and oxygen atoms in total. The normalized spacial score (nSPS) is 11.8. The van der Waals surface area contributed by atoms with E-state index in [1.54, 1.807) is 0 Å². The average molecular weight is 881 g/mol. The molecule has 10 aromatic carbocycles. The third-order valence-corrected chi connectivity index (χ3v) is 13.7. The van der Waals surface area contributed by atoms with Crippen molar-refractivity contribution >= 4 is 65.4 Å². The molecule has 6 heteroatoms. The van der Waals surface area contributed by atoms with Gasteiger partial charge in [-0.2, -0.15) is 0 Å². The number of aromatic nitrogens is 6. The first kappa shape index (κ1) is 38.8. The van der Waals surface area contributed by atoms with E-state index < -0.39 is 0 Å². The smallest absolute Gasteiger partial charge is 0.164 e. The molecule has 0 saturated heterocycles. The highest BCUT2D eigenvalue weighted by molar-refractivity contribution is 6.13. The summed E-state index contributed by atoms with van der Waals surface area (Å²) in [5, 5.41) is 7.27. The second-order valence-electron chi connectivity index (χ2n) is 17.6. The van der Waals surface area contributed by atoms with Gasteiger partial charge in [-0.1, -0.05) is 182 Å². The summed E-state index contributed by atoms with van der Waals surface area (Å²) in [5.74, 6) is 1.86. The van der Waals surface area contributed by atoms with Crippen molar-refractivity contribution in [1.29, 1.82) is 0 Å². The molecule has 14 rings (SSSR count). The topological polar surface area (TPSA) is 53.5 Å². The number of hydrogen-bond acceptors (Lipinski definition) is 3. The summed E-state index contributed by atoms with van der Waals surface area (Å²) in [4.78, 5) is 15.4. The van der Waals surface area contributed by atoms with Crippen molar-refractivity contribution in [2.24, 2.45) is 0 Å². The molecular weight excluding hydrogens is 841 g/mol. The molecule has 4 heterocycles. The van der Waals surface area contributed by atoms with Gasteiger partial charge in [-0.3, -0.25) is 0 Å². The summed E-state index contributed by atoms with van der Waals surface area (Å²) in [7, 11) is 0. The molecule has 0 saturated carbocycles. The van der Waals surface area contributed by atoms with Crippen LogP contribution < -0.4 is 0 Å². The van der Waals surface area contributed by atoms with E-state index in [0.29, 0.717) is 17.5 Å². The highest BCUT2D eigenvalue weighted by Crippen LogP contribution is 2.42. The maximum atomic E-state index is 5.18. The van der Waals surface area contributed by atoms with Crippen LogP contribution in [0.4, 0.5) is 0 Å². The first-order valence-corrected chi connectivity index (χ1v) is 23.4. The van der Waals surface area contributed by atoms with Gasteiger partial charge in [0.15, 0.2) is 17.5 Å². The Kier molecular flexibility index (Phi) is 8.79. The van der Waals surface area contributed by atoms with Crippen molar-refractivity contribution in [3.05, 3.63) is 243 Å². The van der Waals surface area contributed by atoms with Crippen LogP contribution in [0.25, 0.3) is 128 Å². The molecule has 0 amide bonds. The minimum Gasteiger partial charge on any atom is -0.309 e. The van der Waals surface area contributed by atoms with Gasteiger partial charge in [0.2, 0.25) is 0 Å². The Bertz CT molecular complexity index is 4130. The monoisotopic (exact) mass is 880 g/mol. The molecule has 0 unspecified atom stereocenters. The van der Waals surface area contributed by atoms with Crippen LogP contribution in [0.1, 0.15) is 0 Å². The number of fused-ring (bicyclic) bond motifs is 9. The van der Waals surface area contributed by atoms with Gasteiger partial charge in [0.25, 0.3) is 0 Å². The lowest BCUT2D eigenvalue weighted by Gasteiger charge is -2.17. The van der Waals surface area contributed by atoms with E-state index in [9.17, 15) is 0 Å². The van der Waals surface area contributed by atoms with E-state index in [2.05, 4.69) is 220 Å². The van der Waals surface area contributed by atoms with Gasteiger partial charge in [0, 0.05) is 65.9 Å².